The summed E-state index contributed by atoms with van der Waals surface area (Å²) in [7, 11) is 0. The summed E-state index contributed by atoms with van der Waals surface area (Å²) >= 11 is 4.46. The molecule has 0 aromatic heterocycles. The molecule has 0 unspecified atom stereocenters. The van der Waals surface area contributed by atoms with Crippen molar-refractivity contribution < 1.29 is 14.3 Å². The third-order valence-electron chi connectivity index (χ3n) is 3.95. The van der Waals surface area contributed by atoms with Gasteiger partial charge in [-0.25, -0.2) is 0 Å². The second kappa shape index (κ2) is 8.31. The maximum Gasteiger partial charge on any atom is 0.293 e. The van der Waals surface area contributed by atoms with E-state index in [0.29, 0.717) is 4.91 Å². The first-order valence-electron chi connectivity index (χ1n) is 8.60. The molecule has 0 radical (unpaired) electrons. The molecule has 2 aromatic rings. The average Bonchev–Trinajstić information content (AvgIpc) is 2.86. The zero-order valence-corrected chi connectivity index (χ0v) is 17.8. The highest BCUT2D eigenvalue weighted by molar-refractivity contribution is 9.10. The van der Waals surface area contributed by atoms with Gasteiger partial charge in [0.25, 0.3) is 11.1 Å². The fourth-order valence-electron chi connectivity index (χ4n) is 2.62. The second-order valence-electron chi connectivity index (χ2n) is 6.61. The van der Waals surface area contributed by atoms with E-state index in [1.807, 2.05) is 63.2 Å². The van der Waals surface area contributed by atoms with Crippen molar-refractivity contribution in [1.82, 2.24) is 4.90 Å². The van der Waals surface area contributed by atoms with Crippen LogP contribution in [0.1, 0.15) is 30.5 Å². The maximum absolute atomic E-state index is 12.7. The molecule has 1 aliphatic heterocycles. The smallest absolute Gasteiger partial charge is 0.293 e. The summed E-state index contributed by atoms with van der Waals surface area (Å²) in [5, 5.41) is -0.245. The zero-order valence-electron chi connectivity index (χ0n) is 15.4. The highest BCUT2D eigenvalue weighted by Gasteiger charge is 2.34. The molecule has 1 aliphatic rings. The van der Waals surface area contributed by atoms with Gasteiger partial charge < -0.3 is 4.74 Å². The number of amides is 2. The molecule has 2 aromatic carbocycles. The van der Waals surface area contributed by atoms with Crippen molar-refractivity contribution in [3.63, 3.8) is 0 Å². The molecule has 0 N–H and O–H groups in total. The minimum Gasteiger partial charge on any atom is -0.490 e. The molecule has 27 heavy (non-hydrogen) atoms. The Balaban J connectivity index is 1.77. The van der Waals surface area contributed by atoms with Crippen LogP contribution in [0.3, 0.4) is 0 Å². The van der Waals surface area contributed by atoms with Gasteiger partial charge in [-0.05, 0) is 77.8 Å². The maximum atomic E-state index is 12.7. The first-order valence-corrected chi connectivity index (χ1v) is 10.2. The molecular weight excluding hydrogens is 426 g/mol. The lowest BCUT2D eigenvalue weighted by Gasteiger charge is -2.12. The predicted molar refractivity (Wildman–Crippen MR) is 113 cm³/mol. The number of hydrogen-bond donors (Lipinski definition) is 0. The van der Waals surface area contributed by atoms with E-state index in [1.54, 1.807) is 6.08 Å². The quantitative estimate of drug-likeness (QED) is 0.547. The molecule has 0 aliphatic carbocycles. The standard InChI is InChI=1S/C21H20BrNO3S/c1-13(2)26-18-9-8-16(10-17(18)22)11-19-20(24)23(21(25)27-19)12-15-6-4-14(3)5-7-15/h4-11,13H,12H2,1-3H3/b19-11-. The van der Waals surface area contributed by atoms with E-state index in [9.17, 15) is 9.59 Å². The third kappa shape index (κ3) is 4.82. The molecule has 6 heteroatoms. The van der Waals surface area contributed by atoms with Crippen LogP contribution >= 0.6 is 27.7 Å². The zero-order chi connectivity index (χ0) is 19.6. The van der Waals surface area contributed by atoms with Crippen molar-refractivity contribution in [1.29, 1.82) is 0 Å². The van der Waals surface area contributed by atoms with E-state index in [-0.39, 0.29) is 23.8 Å². The van der Waals surface area contributed by atoms with Crippen LogP contribution in [0.25, 0.3) is 6.08 Å². The number of thioether (sulfide) groups is 1. The predicted octanol–water partition coefficient (Wildman–Crippen LogP) is 5.78. The summed E-state index contributed by atoms with van der Waals surface area (Å²) in [6, 6.07) is 13.4. The Kier molecular flexibility index (Phi) is 6.07. The molecule has 1 fully saturated rings. The number of carbonyl (C=O) groups excluding carboxylic acids is 2. The fraction of sp³-hybridized carbons (Fsp3) is 0.238. The molecular formula is C21H20BrNO3S. The van der Waals surface area contributed by atoms with Gasteiger partial charge in [-0.2, -0.15) is 0 Å². The lowest BCUT2D eigenvalue weighted by atomic mass is 10.1. The SMILES string of the molecule is Cc1ccc(CN2C(=O)S/C(=C\c3ccc(OC(C)C)c(Br)c3)C2=O)cc1. The number of nitrogens with zero attached hydrogens (tertiary/aromatic N) is 1. The number of aryl methyl sites for hydroxylation is 1. The Morgan fingerprint density at radius 3 is 2.48 bits per heavy atom. The largest absolute Gasteiger partial charge is 0.490 e. The first-order chi connectivity index (χ1) is 12.8. The van der Waals surface area contributed by atoms with Crippen LogP contribution < -0.4 is 4.74 Å². The van der Waals surface area contributed by atoms with Crippen LogP contribution in [0.15, 0.2) is 51.8 Å². The normalized spacial score (nSPS) is 15.9. The summed E-state index contributed by atoms with van der Waals surface area (Å²) in [6.07, 6.45) is 1.81. The van der Waals surface area contributed by atoms with Crippen molar-refractivity contribution >= 4 is 44.9 Å². The molecule has 4 nitrogen and oxygen atoms in total. The fourth-order valence-corrected chi connectivity index (χ4v) is 3.95. The number of imide groups is 1. The number of benzene rings is 2. The lowest BCUT2D eigenvalue weighted by Crippen LogP contribution is -2.27. The molecule has 0 spiro atoms. The summed E-state index contributed by atoms with van der Waals surface area (Å²) in [5.41, 5.74) is 2.91. The van der Waals surface area contributed by atoms with Gasteiger partial charge in [-0.3, -0.25) is 14.5 Å². The van der Waals surface area contributed by atoms with Gasteiger partial charge in [-0.15, -0.1) is 0 Å². The molecule has 0 saturated carbocycles. The number of halogens is 1. The van der Waals surface area contributed by atoms with Crippen LogP contribution in [0.5, 0.6) is 5.75 Å². The van der Waals surface area contributed by atoms with E-state index in [2.05, 4.69) is 15.9 Å². The Hall–Kier alpha value is -2.05. The molecule has 3 rings (SSSR count). The summed E-state index contributed by atoms with van der Waals surface area (Å²) < 4.78 is 6.51. The van der Waals surface area contributed by atoms with E-state index in [0.717, 1.165) is 38.7 Å². The van der Waals surface area contributed by atoms with Gasteiger partial charge in [-0.1, -0.05) is 35.9 Å². The molecule has 140 valence electrons. The van der Waals surface area contributed by atoms with Crippen molar-refractivity contribution in [2.75, 3.05) is 0 Å². The minimum atomic E-state index is -0.260. The minimum absolute atomic E-state index is 0.0745. The Morgan fingerprint density at radius 2 is 1.85 bits per heavy atom. The van der Waals surface area contributed by atoms with Crippen LogP contribution in [-0.4, -0.2) is 22.2 Å². The average molecular weight is 446 g/mol. The monoisotopic (exact) mass is 445 g/mol. The molecule has 1 heterocycles. The molecule has 1 saturated heterocycles. The number of rotatable bonds is 5. The van der Waals surface area contributed by atoms with Gasteiger partial charge in [0.15, 0.2) is 0 Å². The van der Waals surface area contributed by atoms with Gasteiger partial charge in [0.1, 0.15) is 5.75 Å². The van der Waals surface area contributed by atoms with E-state index < -0.39 is 0 Å². The highest BCUT2D eigenvalue weighted by Crippen LogP contribution is 2.34. The topological polar surface area (TPSA) is 46.6 Å². The van der Waals surface area contributed by atoms with Crippen molar-refractivity contribution in [2.24, 2.45) is 0 Å². The summed E-state index contributed by atoms with van der Waals surface area (Å²) in [5.74, 6) is 0.485. The van der Waals surface area contributed by atoms with Gasteiger partial charge in [0.2, 0.25) is 0 Å². The second-order valence-corrected chi connectivity index (χ2v) is 8.46. The van der Waals surface area contributed by atoms with Crippen molar-refractivity contribution in [3.8, 4) is 5.75 Å². The summed E-state index contributed by atoms with van der Waals surface area (Å²) in [4.78, 5) is 26.7. The number of hydrogen-bond acceptors (Lipinski definition) is 4. The number of carbonyl (C=O) groups is 2. The van der Waals surface area contributed by atoms with E-state index >= 15 is 0 Å². The van der Waals surface area contributed by atoms with Gasteiger partial charge in [0, 0.05) is 0 Å². The van der Waals surface area contributed by atoms with Gasteiger partial charge in [0.05, 0.1) is 22.0 Å². The Labute approximate surface area is 171 Å². The van der Waals surface area contributed by atoms with Crippen LogP contribution in [0.4, 0.5) is 4.79 Å². The Bertz CT molecular complexity index is 906. The number of ether oxygens (including phenoxy) is 1. The lowest BCUT2D eigenvalue weighted by molar-refractivity contribution is -0.123. The van der Waals surface area contributed by atoms with Crippen molar-refractivity contribution in [3.05, 3.63) is 68.5 Å². The van der Waals surface area contributed by atoms with Crippen molar-refractivity contribution in [2.45, 2.75) is 33.4 Å². The molecule has 0 atom stereocenters. The van der Waals surface area contributed by atoms with E-state index in [1.165, 1.54) is 4.90 Å². The third-order valence-corrected chi connectivity index (χ3v) is 5.48. The molecule has 2 amide bonds. The van der Waals surface area contributed by atoms with Gasteiger partial charge >= 0.3 is 0 Å². The van der Waals surface area contributed by atoms with Crippen LogP contribution in [0.2, 0.25) is 0 Å². The highest BCUT2D eigenvalue weighted by atomic mass is 79.9. The first kappa shape index (κ1) is 19.7. The summed E-state index contributed by atoms with van der Waals surface area (Å²) in [6.45, 7) is 6.21. The molecule has 0 bridgehead atoms. The van der Waals surface area contributed by atoms with Crippen LogP contribution in [0, 0.1) is 6.92 Å². The Morgan fingerprint density at radius 1 is 1.15 bits per heavy atom. The van der Waals surface area contributed by atoms with E-state index in [4.69, 9.17) is 4.74 Å². The van der Waals surface area contributed by atoms with Crippen LogP contribution in [-0.2, 0) is 11.3 Å².